The van der Waals surface area contributed by atoms with Gasteiger partial charge in [0.15, 0.2) is 0 Å². The number of carbonyl (C=O) groups is 2. The zero-order valence-corrected chi connectivity index (χ0v) is 8.99. The Morgan fingerprint density at radius 3 is 3.00 bits per heavy atom. The van der Waals surface area contributed by atoms with Gasteiger partial charge < -0.3 is 10.4 Å². The zero-order valence-electron chi connectivity index (χ0n) is 8.99. The molecule has 0 fully saturated rings. The summed E-state index contributed by atoms with van der Waals surface area (Å²) in [5.74, 6) is -1.31. The quantitative estimate of drug-likeness (QED) is 0.802. The van der Waals surface area contributed by atoms with E-state index >= 15 is 0 Å². The number of carboxylic acids is 1. The van der Waals surface area contributed by atoms with E-state index in [0.717, 1.165) is 11.1 Å². The molecule has 1 aromatic rings. The third kappa shape index (κ3) is 1.78. The largest absolute Gasteiger partial charge is 0.481 e. The van der Waals surface area contributed by atoms with E-state index in [1.165, 1.54) is 0 Å². The highest BCUT2D eigenvalue weighted by Gasteiger charge is 2.22. The van der Waals surface area contributed by atoms with Crippen molar-refractivity contribution in [1.29, 1.82) is 0 Å². The summed E-state index contributed by atoms with van der Waals surface area (Å²) < 4.78 is 0. The van der Waals surface area contributed by atoms with E-state index in [1.807, 2.05) is 6.07 Å². The average Bonchev–Trinajstić information content (AvgIpc) is 2.62. The van der Waals surface area contributed by atoms with Gasteiger partial charge in [-0.2, -0.15) is 0 Å². The average molecular weight is 219 g/mol. The Morgan fingerprint density at radius 2 is 2.31 bits per heavy atom. The molecule has 4 nitrogen and oxygen atoms in total. The number of carbonyl (C=O) groups excluding carboxylic acids is 1. The van der Waals surface area contributed by atoms with Crippen LogP contribution in [0.2, 0.25) is 0 Å². The summed E-state index contributed by atoms with van der Waals surface area (Å²) in [6.07, 6.45) is 0.466. The number of hydrogen-bond donors (Lipinski definition) is 2. The minimum Gasteiger partial charge on any atom is -0.481 e. The number of fused-ring (bicyclic) bond motifs is 1. The molecule has 1 atom stereocenters. The zero-order chi connectivity index (χ0) is 11.7. The van der Waals surface area contributed by atoms with Crippen LogP contribution in [-0.2, 0) is 17.8 Å². The molecule has 2 N–H and O–H groups in total. The van der Waals surface area contributed by atoms with Crippen molar-refractivity contribution in [3.8, 4) is 0 Å². The lowest BCUT2D eigenvalue weighted by Crippen LogP contribution is -2.13. The molecule has 84 valence electrons. The minimum atomic E-state index is -0.810. The normalized spacial score (nSPS) is 15.4. The van der Waals surface area contributed by atoms with Crippen LogP contribution in [0.4, 0.5) is 0 Å². The van der Waals surface area contributed by atoms with E-state index in [4.69, 9.17) is 5.11 Å². The lowest BCUT2D eigenvalue weighted by Gasteiger charge is -2.09. The standard InChI is InChI=1S/C12H13NO3/c1-7(12(15)16)5-8-3-2-4-9-10(8)6-13-11(9)14/h2-4,7H,5-6H2,1H3,(H,13,14)(H,15,16). The molecular weight excluding hydrogens is 206 g/mol. The van der Waals surface area contributed by atoms with Crippen molar-refractivity contribution in [3.63, 3.8) is 0 Å². The molecule has 0 saturated heterocycles. The van der Waals surface area contributed by atoms with Gasteiger partial charge in [-0.25, -0.2) is 0 Å². The molecule has 1 unspecified atom stereocenters. The van der Waals surface area contributed by atoms with Gasteiger partial charge in [0.2, 0.25) is 0 Å². The highest BCUT2D eigenvalue weighted by atomic mass is 16.4. The van der Waals surface area contributed by atoms with Crippen molar-refractivity contribution in [2.24, 2.45) is 5.92 Å². The molecule has 0 aliphatic carbocycles. The predicted molar refractivity (Wildman–Crippen MR) is 58.1 cm³/mol. The van der Waals surface area contributed by atoms with Crippen LogP contribution in [-0.4, -0.2) is 17.0 Å². The van der Waals surface area contributed by atoms with Gasteiger partial charge in [-0.05, 0) is 23.6 Å². The second kappa shape index (κ2) is 3.96. The van der Waals surface area contributed by atoms with Crippen LogP contribution >= 0.6 is 0 Å². The molecule has 1 aromatic carbocycles. The van der Waals surface area contributed by atoms with E-state index in [0.29, 0.717) is 18.5 Å². The second-order valence-electron chi connectivity index (χ2n) is 4.07. The number of amides is 1. The first-order valence-electron chi connectivity index (χ1n) is 5.21. The third-order valence-corrected chi connectivity index (χ3v) is 2.89. The van der Waals surface area contributed by atoms with Crippen molar-refractivity contribution in [3.05, 3.63) is 34.9 Å². The van der Waals surface area contributed by atoms with Crippen molar-refractivity contribution >= 4 is 11.9 Å². The van der Waals surface area contributed by atoms with Gasteiger partial charge in [0.05, 0.1) is 5.92 Å². The maximum absolute atomic E-state index is 11.4. The third-order valence-electron chi connectivity index (χ3n) is 2.89. The molecule has 0 aromatic heterocycles. The lowest BCUT2D eigenvalue weighted by atomic mass is 9.95. The Labute approximate surface area is 93.3 Å². The number of aliphatic carboxylic acids is 1. The molecule has 4 heteroatoms. The molecule has 0 saturated carbocycles. The van der Waals surface area contributed by atoms with Crippen LogP contribution in [0.15, 0.2) is 18.2 Å². The molecule has 1 heterocycles. The number of hydrogen-bond acceptors (Lipinski definition) is 2. The maximum Gasteiger partial charge on any atom is 0.306 e. The van der Waals surface area contributed by atoms with Crippen LogP contribution in [0.1, 0.15) is 28.4 Å². The van der Waals surface area contributed by atoms with Gasteiger partial charge in [-0.3, -0.25) is 9.59 Å². The van der Waals surface area contributed by atoms with E-state index < -0.39 is 11.9 Å². The first kappa shape index (κ1) is 10.7. The van der Waals surface area contributed by atoms with E-state index in [2.05, 4.69) is 5.32 Å². The summed E-state index contributed by atoms with van der Waals surface area (Å²) in [5.41, 5.74) is 2.57. The van der Waals surface area contributed by atoms with E-state index in [9.17, 15) is 9.59 Å². The highest BCUT2D eigenvalue weighted by molar-refractivity contribution is 5.98. The molecule has 1 aliphatic heterocycles. The van der Waals surface area contributed by atoms with Gasteiger partial charge in [0, 0.05) is 12.1 Å². The topological polar surface area (TPSA) is 66.4 Å². The number of benzene rings is 1. The fourth-order valence-corrected chi connectivity index (χ4v) is 1.93. The fourth-order valence-electron chi connectivity index (χ4n) is 1.93. The number of carboxylic acid groups (broad SMARTS) is 1. The Morgan fingerprint density at radius 1 is 1.56 bits per heavy atom. The summed E-state index contributed by atoms with van der Waals surface area (Å²) in [4.78, 5) is 22.2. The summed E-state index contributed by atoms with van der Waals surface area (Å²) in [7, 11) is 0. The fraction of sp³-hybridized carbons (Fsp3) is 0.333. The van der Waals surface area contributed by atoms with Crippen molar-refractivity contribution in [2.45, 2.75) is 19.9 Å². The number of rotatable bonds is 3. The molecule has 1 aliphatic rings. The Bertz CT molecular complexity index is 454. The van der Waals surface area contributed by atoms with Crippen molar-refractivity contribution in [2.75, 3.05) is 0 Å². The highest BCUT2D eigenvalue weighted by Crippen LogP contribution is 2.22. The smallest absolute Gasteiger partial charge is 0.306 e. The SMILES string of the molecule is CC(Cc1cccc2c1CNC2=O)C(=O)O. The van der Waals surface area contributed by atoms with Gasteiger partial charge in [0.25, 0.3) is 5.91 Å². The first-order chi connectivity index (χ1) is 7.59. The van der Waals surface area contributed by atoms with Gasteiger partial charge in [-0.1, -0.05) is 19.1 Å². The van der Waals surface area contributed by atoms with Gasteiger partial charge in [0.1, 0.15) is 0 Å². The Balaban J connectivity index is 2.30. The van der Waals surface area contributed by atoms with E-state index in [1.54, 1.807) is 19.1 Å². The van der Waals surface area contributed by atoms with Crippen LogP contribution in [0.5, 0.6) is 0 Å². The monoisotopic (exact) mass is 219 g/mol. The molecule has 2 rings (SSSR count). The minimum absolute atomic E-state index is 0.0696. The molecular formula is C12H13NO3. The second-order valence-corrected chi connectivity index (χ2v) is 4.07. The predicted octanol–water partition coefficient (Wildman–Crippen LogP) is 1.19. The van der Waals surface area contributed by atoms with Crippen LogP contribution in [0.25, 0.3) is 0 Å². The van der Waals surface area contributed by atoms with Crippen LogP contribution < -0.4 is 5.32 Å². The molecule has 16 heavy (non-hydrogen) atoms. The molecule has 0 bridgehead atoms. The van der Waals surface area contributed by atoms with Gasteiger partial charge in [-0.15, -0.1) is 0 Å². The maximum atomic E-state index is 11.4. The van der Waals surface area contributed by atoms with Crippen molar-refractivity contribution in [1.82, 2.24) is 5.32 Å². The summed E-state index contributed by atoms with van der Waals surface area (Å²) in [5, 5.41) is 11.6. The molecule has 0 spiro atoms. The summed E-state index contributed by atoms with van der Waals surface area (Å²) in [6.45, 7) is 2.18. The van der Waals surface area contributed by atoms with Crippen LogP contribution in [0.3, 0.4) is 0 Å². The lowest BCUT2D eigenvalue weighted by molar-refractivity contribution is -0.141. The van der Waals surface area contributed by atoms with Gasteiger partial charge >= 0.3 is 5.97 Å². The summed E-state index contributed by atoms with van der Waals surface area (Å²) >= 11 is 0. The Kier molecular flexibility index (Phi) is 2.64. The molecule has 1 amide bonds. The number of nitrogens with one attached hydrogen (secondary N) is 1. The Hall–Kier alpha value is -1.84. The van der Waals surface area contributed by atoms with Crippen LogP contribution in [0, 0.1) is 5.92 Å². The van der Waals surface area contributed by atoms with E-state index in [-0.39, 0.29) is 5.91 Å². The first-order valence-corrected chi connectivity index (χ1v) is 5.21. The van der Waals surface area contributed by atoms with Crippen molar-refractivity contribution < 1.29 is 14.7 Å². The summed E-state index contributed by atoms with van der Waals surface area (Å²) in [6, 6.07) is 5.46. The molecule has 0 radical (unpaired) electrons.